The van der Waals surface area contributed by atoms with E-state index >= 15 is 0 Å². The van der Waals surface area contributed by atoms with Crippen molar-refractivity contribution in [1.29, 1.82) is 0 Å². The van der Waals surface area contributed by atoms with Crippen LogP contribution in [0.3, 0.4) is 0 Å². The minimum Gasteiger partial charge on any atom is -0.478 e. The van der Waals surface area contributed by atoms with Gasteiger partial charge in [0.1, 0.15) is 12.2 Å². The number of aromatic nitrogens is 5. The van der Waals surface area contributed by atoms with Crippen molar-refractivity contribution in [2.24, 2.45) is 0 Å². The molecule has 6 heteroatoms. The van der Waals surface area contributed by atoms with Crippen LogP contribution in [0.15, 0.2) is 30.9 Å². The third-order valence-corrected chi connectivity index (χ3v) is 2.45. The highest BCUT2D eigenvalue weighted by molar-refractivity contribution is 5.75. The standard InChI is InChI=1S/C12H11N5O/c1-2-18-10-4-3-9-12(16-10)17-11(15-9)8-5-13-7-14-6-8/h3-7H,2H2,1H3,(H,15,16,17). The van der Waals surface area contributed by atoms with E-state index in [4.69, 9.17) is 4.74 Å². The van der Waals surface area contributed by atoms with Crippen molar-refractivity contribution in [2.75, 3.05) is 6.61 Å². The molecule has 0 atom stereocenters. The number of fused-ring (bicyclic) bond motifs is 1. The molecule has 3 heterocycles. The van der Waals surface area contributed by atoms with Gasteiger partial charge in [-0.05, 0) is 13.0 Å². The van der Waals surface area contributed by atoms with Crippen molar-refractivity contribution in [1.82, 2.24) is 24.9 Å². The molecule has 3 aromatic heterocycles. The molecular weight excluding hydrogens is 230 g/mol. The molecule has 0 bridgehead atoms. The average molecular weight is 241 g/mol. The third kappa shape index (κ3) is 1.88. The van der Waals surface area contributed by atoms with Crippen LogP contribution in [0.5, 0.6) is 5.88 Å². The summed E-state index contributed by atoms with van der Waals surface area (Å²) in [6.45, 7) is 2.51. The molecule has 0 saturated carbocycles. The number of imidazole rings is 1. The van der Waals surface area contributed by atoms with Gasteiger partial charge in [-0.25, -0.2) is 15.0 Å². The number of aromatic amines is 1. The zero-order valence-corrected chi connectivity index (χ0v) is 9.79. The number of ether oxygens (including phenoxy) is 1. The van der Waals surface area contributed by atoms with Crippen molar-refractivity contribution in [3.8, 4) is 17.3 Å². The highest BCUT2D eigenvalue weighted by atomic mass is 16.5. The summed E-state index contributed by atoms with van der Waals surface area (Å²) in [6.07, 6.45) is 4.89. The number of nitrogens with one attached hydrogen (secondary N) is 1. The fourth-order valence-corrected chi connectivity index (χ4v) is 1.66. The molecule has 0 amide bonds. The van der Waals surface area contributed by atoms with Gasteiger partial charge in [0.15, 0.2) is 5.65 Å². The Labute approximate surface area is 103 Å². The summed E-state index contributed by atoms with van der Waals surface area (Å²) in [7, 11) is 0. The van der Waals surface area contributed by atoms with Gasteiger partial charge in [-0.2, -0.15) is 4.98 Å². The molecule has 3 aromatic rings. The number of H-pyrrole nitrogens is 1. The third-order valence-electron chi connectivity index (χ3n) is 2.45. The van der Waals surface area contributed by atoms with Crippen molar-refractivity contribution in [3.63, 3.8) is 0 Å². The quantitative estimate of drug-likeness (QED) is 0.756. The molecular formula is C12H11N5O. The van der Waals surface area contributed by atoms with Gasteiger partial charge in [-0.15, -0.1) is 0 Å². The molecule has 0 aliphatic rings. The Balaban J connectivity index is 2.06. The lowest BCUT2D eigenvalue weighted by Gasteiger charge is -1.99. The lowest BCUT2D eigenvalue weighted by atomic mass is 10.3. The monoisotopic (exact) mass is 241 g/mol. The molecule has 0 radical (unpaired) electrons. The van der Waals surface area contributed by atoms with Gasteiger partial charge in [0, 0.05) is 18.5 Å². The molecule has 0 unspecified atom stereocenters. The second kappa shape index (κ2) is 4.40. The number of hydrogen-bond donors (Lipinski definition) is 1. The molecule has 0 aromatic carbocycles. The largest absolute Gasteiger partial charge is 0.478 e. The first-order valence-corrected chi connectivity index (χ1v) is 5.62. The molecule has 0 saturated heterocycles. The summed E-state index contributed by atoms with van der Waals surface area (Å²) in [5.74, 6) is 1.28. The molecule has 0 aliphatic carbocycles. The van der Waals surface area contributed by atoms with Crippen LogP contribution in [-0.4, -0.2) is 31.5 Å². The SMILES string of the molecule is CCOc1ccc2[nH]c(-c3cncnc3)nc2n1. The smallest absolute Gasteiger partial charge is 0.215 e. The zero-order chi connectivity index (χ0) is 12.4. The zero-order valence-electron chi connectivity index (χ0n) is 9.79. The molecule has 3 rings (SSSR count). The summed E-state index contributed by atoms with van der Waals surface area (Å²) in [5, 5.41) is 0. The minimum absolute atomic E-state index is 0.576. The second-order valence-electron chi connectivity index (χ2n) is 3.67. The van der Waals surface area contributed by atoms with Crippen LogP contribution < -0.4 is 4.74 Å². The minimum atomic E-state index is 0.576. The molecule has 0 fully saturated rings. The molecule has 6 nitrogen and oxygen atoms in total. The maximum Gasteiger partial charge on any atom is 0.215 e. The summed E-state index contributed by atoms with van der Waals surface area (Å²) in [6, 6.07) is 3.71. The topological polar surface area (TPSA) is 76.6 Å². The number of rotatable bonds is 3. The van der Waals surface area contributed by atoms with E-state index < -0.39 is 0 Å². The van der Waals surface area contributed by atoms with Crippen molar-refractivity contribution in [2.45, 2.75) is 6.92 Å². The van der Waals surface area contributed by atoms with Crippen molar-refractivity contribution >= 4 is 11.2 Å². The summed E-state index contributed by atoms with van der Waals surface area (Å²) >= 11 is 0. The van der Waals surface area contributed by atoms with Gasteiger partial charge < -0.3 is 9.72 Å². The first-order valence-electron chi connectivity index (χ1n) is 5.62. The lowest BCUT2D eigenvalue weighted by Crippen LogP contribution is -1.93. The van der Waals surface area contributed by atoms with Crippen LogP contribution in [-0.2, 0) is 0 Å². The van der Waals surface area contributed by atoms with E-state index in [9.17, 15) is 0 Å². The Morgan fingerprint density at radius 3 is 2.78 bits per heavy atom. The summed E-state index contributed by atoms with van der Waals surface area (Å²) in [5.41, 5.74) is 2.31. The summed E-state index contributed by atoms with van der Waals surface area (Å²) < 4.78 is 5.34. The summed E-state index contributed by atoms with van der Waals surface area (Å²) in [4.78, 5) is 19.8. The van der Waals surface area contributed by atoms with Crippen LogP contribution in [0.4, 0.5) is 0 Å². The Kier molecular flexibility index (Phi) is 2.60. The predicted octanol–water partition coefficient (Wildman–Crippen LogP) is 1.81. The Hall–Kier alpha value is -2.50. The Morgan fingerprint density at radius 1 is 1.17 bits per heavy atom. The van der Waals surface area contributed by atoms with E-state index in [1.54, 1.807) is 12.4 Å². The maximum absolute atomic E-state index is 5.34. The van der Waals surface area contributed by atoms with E-state index in [0.29, 0.717) is 24.0 Å². The van der Waals surface area contributed by atoms with Gasteiger partial charge in [-0.1, -0.05) is 0 Å². The first-order chi connectivity index (χ1) is 8.86. The number of pyridine rings is 1. The average Bonchev–Trinajstić information content (AvgIpc) is 2.83. The lowest BCUT2D eigenvalue weighted by molar-refractivity contribution is 0.328. The van der Waals surface area contributed by atoms with Crippen LogP contribution in [0, 0.1) is 0 Å². The van der Waals surface area contributed by atoms with Crippen molar-refractivity contribution < 1.29 is 4.74 Å². The van der Waals surface area contributed by atoms with Crippen LogP contribution in [0.25, 0.3) is 22.6 Å². The van der Waals surface area contributed by atoms with Crippen LogP contribution in [0.2, 0.25) is 0 Å². The van der Waals surface area contributed by atoms with Crippen molar-refractivity contribution in [3.05, 3.63) is 30.9 Å². The normalized spacial score (nSPS) is 10.7. The van der Waals surface area contributed by atoms with E-state index in [0.717, 1.165) is 11.1 Å². The number of nitrogens with zero attached hydrogens (tertiary/aromatic N) is 4. The van der Waals surface area contributed by atoms with E-state index in [-0.39, 0.29) is 0 Å². The first kappa shape index (κ1) is 10.6. The van der Waals surface area contributed by atoms with Crippen LogP contribution in [0.1, 0.15) is 6.92 Å². The van der Waals surface area contributed by atoms with E-state index in [1.807, 2.05) is 19.1 Å². The van der Waals surface area contributed by atoms with Gasteiger partial charge in [0.05, 0.1) is 17.7 Å². The highest BCUT2D eigenvalue weighted by Gasteiger charge is 2.07. The van der Waals surface area contributed by atoms with Gasteiger partial charge >= 0.3 is 0 Å². The van der Waals surface area contributed by atoms with Gasteiger partial charge in [-0.3, -0.25) is 0 Å². The van der Waals surface area contributed by atoms with Gasteiger partial charge in [0.2, 0.25) is 5.88 Å². The van der Waals surface area contributed by atoms with Gasteiger partial charge in [0.25, 0.3) is 0 Å². The molecule has 0 aliphatic heterocycles. The van der Waals surface area contributed by atoms with E-state index in [1.165, 1.54) is 6.33 Å². The molecule has 0 spiro atoms. The molecule has 90 valence electrons. The van der Waals surface area contributed by atoms with E-state index in [2.05, 4.69) is 24.9 Å². The number of hydrogen-bond acceptors (Lipinski definition) is 5. The fraction of sp³-hybridized carbons (Fsp3) is 0.167. The maximum atomic E-state index is 5.34. The Bertz CT molecular complexity index is 665. The molecule has 1 N–H and O–H groups in total. The second-order valence-corrected chi connectivity index (χ2v) is 3.67. The highest BCUT2D eigenvalue weighted by Crippen LogP contribution is 2.19. The Morgan fingerprint density at radius 2 is 2.00 bits per heavy atom. The molecule has 18 heavy (non-hydrogen) atoms. The van der Waals surface area contributed by atoms with Crippen LogP contribution >= 0.6 is 0 Å². The predicted molar refractivity (Wildman–Crippen MR) is 66.1 cm³/mol. The fourth-order valence-electron chi connectivity index (χ4n) is 1.66.